The topological polar surface area (TPSA) is 114 Å². The number of nitrogens with two attached hydrogens (primary N) is 2. The molecule has 2 aromatic heterocycles. The van der Waals surface area contributed by atoms with E-state index in [9.17, 15) is 5.11 Å². The number of aliphatic hydroxyl groups is 1. The van der Waals surface area contributed by atoms with E-state index in [0.29, 0.717) is 16.1 Å². The second-order valence-corrected chi connectivity index (χ2v) is 3.71. The van der Waals surface area contributed by atoms with Crippen molar-refractivity contribution in [3.8, 4) is 0 Å². The van der Waals surface area contributed by atoms with Gasteiger partial charge in [-0.3, -0.25) is 5.10 Å². The number of aromatic nitrogens is 3. The lowest BCUT2D eigenvalue weighted by atomic mass is 10.1. The van der Waals surface area contributed by atoms with E-state index < -0.39 is 6.10 Å². The van der Waals surface area contributed by atoms with Crippen LogP contribution in [0.3, 0.4) is 0 Å². The van der Waals surface area contributed by atoms with Gasteiger partial charge in [0, 0.05) is 17.3 Å². The van der Waals surface area contributed by atoms with Gasteiger partial charge in [0.25, 0.3) is 0 Å². The number of nitrogens with zero attached hydrogens (tertiary/aromatic N) is 2. The average Bonchev–Trinajstić information content (AvgIpc) is 2.67. The molecule has 0 aromatic carbocycles. The highest BCUT2D eigenvalue weighted by atomic mass is 35.5. The number of aromatic amines is 1. The van der Waals surface area contributed by atoms with Crippen LogP contribution < -0.4 is 11.5 Å². The lowest BCUT2D eigenvalue weighted by Crippen LogP contribution is -2.06. The first kappa shape index (κ1) is 10.7. The van der Waals surface area contributed by atoms with Crippen molar-refractivity contribution >= 4 is 23.2 Å². The van der Waals surface area contributed by atoms with Gasteiger partial charge in [-0.15, -0.1) is 0 Å². The summed E-state index contributed by atoms with van der Waals surface area (Å²) < 4.78 is 0. The lowest BCUT2D eigenvalue weighted by molar-refractivity contribution is 0.221. The maximum atomic E-state index is 10.0. The van der Waals surface area contributed by atoms with Crippen LogP contribution in [0.2, 0.25) is 5.02 Å². The zero-order chi connectivity index (χ0) is 11.7. The molecule has 0 saturated carbocycles. The van der Waals surface area contributed by atoms with Gasteiger partial charge in [0.1, 0.15) is 17.7 Å². The molecular formula is C9H10ClN5O. The Morgan fingerprint density at radius 3 is 2.69 bits per heavy atom. The SMILES string of the molecule is Nc1ncc(Cl)cc1C(O)c1cn[nH]c1N. The van der Waals surface area contributed by atoms with Gasteiger partial charge in [0.2, 0.25) is 0 Å². The molecule has 0 radical (unpaired) electrons. The number of halogens is 1. The predicted molar refractivity (Wildman–Crippen MR) is 60.7 cm³/mol. The summed E-state index contributed by atoms with van der Waals surface area (Å²) in [6.45, 7) is 0. The molecule has 0 saturated heterocycles. The molecule has 16 heavy (non-hydrogen) atoms. The van der Waals surface area contributed by atoms with Crippen LogP contribution >= 0.6 is 11.6 Å². The summed E-state index contributed by atoms with van der Waals surface area (Å²) in [4.78, 5) is 3.85. The van der Waals surface area contributed by atoms with Gasteiger partial charge >= 0.3 is 0 Å². The van der Waals surface area contributed by atoms with Gasteiger partial charge in [-0.05, 0) is 6.07 Å². The quantitative estimate of drug-likeness (QED) is 0.616. The minimum absolute atomic E-state index is 0.206. The molecule has 0 aliphatic heterocycles. The first-order valence-electron chi connectivity index (χ1n) is 4.47. The van der Waals surface area contributed by atoms with Crippen molar-refractivity contribution in [2.45, 2.75) is 6.10 Å². The molecule has 2 aromatic rings. The predicted octanol–water partition coefficient (Wildman–Crippen LogP) is 0.704. The molecule has 0 bridgehead atoms. The van der Waals surface area contributed by atoms with Gasteiger partial charge in [-0.1, -0.05) is 11.6 Å². The molecule has 6 nitrogen and oxygen atoms in total. The van der Waals surface area contributed by atoms with E-state index in [1.807, 2.05) is 0 Å². The molecule has 0 spiro atoms. The number of pyridine rings is 1. The zero-order valence-electron chi connectivity index (χ0n) is 8.18. The maximum absolute atomic E-state index is 10.0. The Kier molecular flexibility index (Phi) is 2.67. The standard InChI is InChI=1S/C9H10ClN5O/c10-4-1-5(8(11)13-2-4)7(16)6-3-14-15-9(6)12/h1-3,7,16H,(H2,11,13)(H3,12,14,15). The summed E-state index contributed by atoms with van der Waals surface area (Å²) in [5, 5.41) is 16.7. The van der Waals surface area contributed by atoms with E-state index in [0.717, 1.165) is 0 Å². The van der Waals surface area contributed by atoms with E-state index >= 15 is 0 Å². The van der Waals surface area contributed by atoms with Gasteiger partial charge in [-0.2, -0.15) is 5.10 Å². The molecule has 2 heterocycles. The van der Waals surface area contributed by atoms with E-state index in [1.165, 1.54) is 12.4 Å². The number of nitrogen functional groups attached to an aromatic ring is 2. The van der Waals surface area contributed by atoms with Crippen molar-refractivity contribution in [2.75, 3.05) is 11.5 Å². The van der Waals surface area contributed by atoms with Gasteiger partial charge in [0.15, 0.2) is 0 Å². The Morgan fingerprint density at radius 1 is 1.31 bits per heavy atom. The number of hydrogen-bond donors (Lipinski definition) is 4. The van der Waals surface area contributed by atoms with Crippen LogP contribution in [0.25, 0.3) is 0 Å². The third-order valence-corrected chi connectivity index (χ3v) is 2.41. The minimum Gasteiger partial charge on any atom is -0.384 e. The molecule has 2 rings (SSSR count). The molecule has 6 N–H and O–H groups in total. The van der Waals surface area contributed by atoms with Crippen LogP contribution in [0.1, 0.15) is 17.2 Å². The fourth-order valence-corrected chi connectivity index (χ4v) is 1.54. The largest absolute Gasteiger partial charge is 0.384 e. The summed E-state index contributed by atoms with van der Waals surface area (Å²) >= 11 is 5.78. The monoisotopic (exact) mass is 239 g/mol. The van der Waals surface area contributed by atoms with Crippen molar-refractivity contribution in [1.82, 2.24) is 15.2 Å². The number of aliphatic hydroxyl groups excluding tert-OH is 1. The summed E-state index contributed by atoms with van der Waals surface area (Å²) in [7, 11) is 0. The van der Waals surface area contributed by atoms with Crippen LogP contribution in [0, 0.1) is 0 Å². The Balaban J connectivity index is 2.45. The summed E-state index contributed by atoms with van der Waals surface area (Å²) in [6, 6.07) is 1.54. The van der Waals surface area contributed by atoms with E-state index in [-0.39, 0.29) is 11.6 Å². The summed E-state index contributed by atoms with van der Waals surface area (Å²) in [6.07, 6.45) is 1.84. The average molecular weight is 240 g/mol. The van der Waals surface area contributed by atoms with Crippen LogP contribution in [0.15, 0.2) is 18.5 Å². The summed E-state index contributed by atoms with van der Waals surface area (Å²) in [5.74, 6) is 0.490. The second kappa shape index (κ2) is 3.99. The Morgan fingerprint density at radius 2 is 2.06 bits per heavy atom. The van der Waals surface area contributed by atoms with Crippen LogP contribution in [0.5, 0.6) is 0 Å². The molecule has 84 valence electrons. The molecule has 0 fully saturated rings. The molecular weight excluding hydrogens is 230 g/mol. The smallest absolute Gasteiger partial charge is 0.129 e. The van der Waals surface area contributed by atoms with E-state index in [1.54, 1.807) is 6.07 Å². The molecule has 7 heteroatoms. The van der Waals surface area contributed by atoms with Crippen molar-refractivity contribution < 1.29 is 5.11 Å². The second-order valence-electron chi connectivity index (χ2n) is 3.27. The normalized spacial score (nSPS) is 12.6. The molecule has 0 aliphatic rings. The molecule has 1 atom stereocenters. The van der Waals surface area contributed by atoms with Crippen molar-refractivity contribution in [2.24, 2.45) is 0 Å². The lowest BCUT2D eigenvalue weighted by Gasteiger charge is -2.12. The fraction of sp³-hybridized carbons (Fsp3) is 0.111. The summed E-state index contributed by atoms with van der Waals surface area (Å²) in [5.41, 5.74) is 12.1. The first-order chi connectivity index (χ1) is 7.59. The number of hydrogen-bond acceptors (Lipinski definition) is 5. The Bertz CT molecular complexity index is 512. The van der Waals surface area contributed by atoms with Crippen molar-refractivity contribution in [3.63, 3.8) is 0 Å². The molecule has 1 unspecified atom stereocenters. The van der Waals surface area contributed by atoms with E-state index in [2.05, 4.69) is 15.2 Å². The van der Waals surface area contributed by atoms with Crippen LogP contribution in [0.4, 0.5) is 11.6 Å². The molecule has 0 amide bonds. The number of nitrogens with one attached hydrogen (secondary N) is 1. The molecule has 0 aliphatic carbocycles. The minimum atomic E-state index is -0.995. The Hall–Kier alpha value is -1.79. The Labute approximate surface area is 96.2 Å². The van der Waals surface area contributed by atoms with Gasteiger partial charge < -0.3 is 16.6 Å². The number of H-pyrrole nitrogens is 1. The number of anilines is 2. The number of rotatable bonds is 2. The fourth-order valence-electron chi connectivity index (χ4n) is 1.38. The highest BCUT2D eigenvalue weighted by Gasteiger charge is 2.18. The highest BCUT2D eigenvalue weighted by molar-refractivity contribution is 6.30. The zero-order valence-corrected chi connectivity index (χ0v) is 8.94. The van der Waals surface area contributed by atoms with E-state index in [4.69, 9.17) is 23.1 Å². The van der Waals surface area contributed by atoms with Crippen molar-refractivity contribution in [3.05, 3.63) is 34.6 Å². The third-order valence-electron chi connectivity index (χ3n) is 2.20. The highest BCUT2D eigenvalue weighted by Crippen LogP contribution is 2.29. The first-order valence-corrected chi connectivity index (χ1v) is 4.85. The van der Waals surface area contributed by atoms with Crippen LogP contribution in [-0.2, 0) is 0 Å². The van der Waals surface area contributed by atoms with Crippen molar-refractivity contribution in [1.29, 1.82) is 0 Å². The van der Waals surface area contributed by atoms with Gasteiger partial charge in [-0.25, -0.2) is 4.98 Å². The van der Waals surface area contributed by atoms with Gasteiger partial charge in [0.05, 0.1) is 11.2 Å². The van der Waals surface area contributed by atoms with Crippen LogP contribution in [-0.4, -0.2) is 20.3 Å². The maximum Gasteiger partial charge on any atom is 0.129 e. The third kappa shape index (κ3) is 1.80.